The van der Waals surface area contributed by atoms with E-state index in [4.69, 9.17) is 37.2 Å². The summed E-state index contributed by atoms with van der Waals surface area (Å²) in [4.78, 5) is 4.26. The van der Waals surface area contributed by atoms with Crippen molar-refractivity contribution in [2.24, 2.45) is 0 Å². The lowest BCUT2D eigenvalue weighted by Gasteiger charge is -2.13. The molecule has 2 rings (SSSR count). The summed E-state index contributed by atoms with van der Waals surface area (Å²) in [6, 6.07) is 4.20. The van der Waals surface area contributed by atoms with Gasteiger partial charge in [-0.25, -0.2) is 4.98 Å². The van der Waals surface area contributed by atoms with Gasteiger partial charge in [-0.1, -0.05) is 37.0 Å². The van der Waals surface area contributed by atoms with Crippen molar-refractivity contribution in [2.45, 2.75) is 44.9 Å². The number of ether oxygens (including phenoxy) is 1. The molecule has 1 aromatic carbocycles. The predicted octanol–water partition coefficient (Wildman–Crippen LogP) is 3.61. The highest BCUT2D eigenvalue weighted by Crippen LogP contribution is 2.30. The fraction of sp³-hybridized carbons (Fsp3) is 0.471. The van der Waals surface area contributed by atoms with Gasteiger partial charge in [0.15, 0.2) is 0 Å². The molecule has 1 N–H and O–H groups in total. The molecule has 0 saturated heterocycles. The van der Waals surface area contributed by atoms with Gasteiger partial charge in [-0.2, -0.15) is 8.42 Å². The van der Waals surface area contributed by atoms with Crippen molar-refractivity contribution < 1.29 is 22.4 Å². The second-order valence-electron chi connectivity index (χ2n) is 6.04. The Hall–Kier alpha value is -1.32. The average Bonchev–Trinajstić information content (AvgIpc) is 2.93. The molecule has 1 heterocycles. The van der Waals surface area contributed by atoms with Crippen LogP contribution in [-0.4, -0.2) is 36.3 Å². The molecule has 0 aliphatic rings. The number of imidazole rings is 1. The maximum absolute atomic E-state index is 12.9. The minimum atomic E-state index is -4.22. The van der Waals surface area contributed by atoms with E-state index in [0.717, 1.165) is 0 Å². The summed E-state index contributed by atoms with van der Waals surface area (Å²) in [5.74, 6) is 0.327. The normalized spacial score (nSPS) is 12.0. The summed E-state index contributed by atoms with van der Waals surface area (Å²) in [6.45, 7) is 6.22. The van der Waals surface area contributed by atoms with Crippen LogP contribution in [0.1, 0.15) is 38.2 Å². The zero-order valence-corrected chi connectivity index (χ0v) is 17.6. The van der Waals surface area contributed by atoms with Crippen molar-refractivity contribution in [3.63, 3.8) is 0 Å². The Bertz CT molecular complexity index is 877. The molecule has 0 spiro atoms. The third-order valence-corrected chi connectivity index (χ3v) is 5.28. The number of nitrogens with zero attached hydrogens (tertiary/aromatic N) is 2. The van der Waals surface area contributed by atoms with Gasteiger partial charge in [-0.05, 0) is 18.9 Å². The van der Waals surface area contributed by atoms with Crippen LogP contribution in [0.3, 0.4) is 0 Å². The van der Waals surface area contributed by atoms with Crippen molar-refractivity contribution >= 4 is 33.3 Å². The smallest absolute Gasteiger partial charge is 0.358 e. The van der Waals surface area contributed by atoms with Crippen molar-refractivity contribution in [2.75, 3.05) is 13.2 Å². The van der Waals surface area contributed by atoms with Crippen LogP contribution in [0.15, 0.2) is 23.2 Å². The van der Waals surface area contributed by atoms with Gasteiger partial charge in [0.1, 0.15) is 18.2 Å². The largest absolute Gasteiger partial charge is 0.394 e. The molecule has 0 saturated carbocycles. The first-order valence-electron chi connectivity index (χ1n) is 8.38. The highest BCUT2D eigenvalue weighted by Gasteiger charge is 2.30. The van der Waals surface area contributed by atoms with Gasteiger partial charge >= 0.3 is 10.1 Å². The summed E-state index contributed by atoms with van der Waals surface area (Å²) in [5.41, 5.74) is 0.522. The summed E-state index contributed by atoms with van der Waals surface area (Å²) in [5, 5.41) is 9.22. The third kappa shape index (κ3) is 5.36. The molecule has 1 aromatic heterocycles. The molecule has 0 bridgehead atoms. The molecule has 7 nitrogen and oxygen atoms in total. The maximum atomic E-state index is 12.9. The van der Waals surface area contributed by atoms with Crippen molar-refractivity contribution in [1.29, 1.82) is 0 Å². The second-order valence-corrected chi connectivity index (χ2v) is 8.37. The van der Waals surface area contributed by atoms with Gasteiger partial charge in [0.05, 0.1) is 18.9 Å². The maximum Gasteiger partial charge on any atom is 0.358 e. The molecule has 150 valence electrons. The molecule has 27 heavy (non-hydrogen) atoms. The van der Waals surface area contributed by atoms with Crippen LogP contribution in [-0.2, 0) is 28.0 Å². The summed E-state index contributed by atoms with van der Waals surface area (Å²) in [6.07, 6.45) is 0. The summed E-state index contributed by atoms with van der Waals surface area (Å²) in [7, 11) is -4.22. The Balaban J connectivity index is 2.47. The van der Waals surface area contributed by atoms with Gasteiger partial charge in [0.25, 0.3) is 0 Å². The molecular formula is C17H22Cl2N2O5S. The van der Waals surface area contributed by atoms with E-state index in [-0.39, 0.29) is 46.6 Å². The number of aromatic nitrogens is 2. The highest BCUT2D eigenvalue weighted by molar-refractivity contribution is 7.87. The molecule has 0 fully saturated rings. The Morgan fingerprint density at radius 3 is 2.37 bits per heavy atom. The molecule has 0 unspecified atom stereocenters. The molecule has 0 aliphatic heterocycles. The molecule has 0 radical (unpaired) electrons. The minimum Gasteiger partial charge on any atom is -0.394 e. The minimum absolute atomic E-state index is 0.00587. The van der Waals surface area contributed by atoms with Gasteiger partial charge in [-0.3, -0.25) is 0 Å². The Labute approximate surface area is 169 Å². The van der Waals surface area contributed by atoms with Crippen molar-refractivity contribution in [3.8, 4) is 5.75 Å². The van der Waals surface area contributed by atoms with E-state index in [1.807, 2.05) is 20.8 Å². The Morgan fingerprint density at radius 2 is 1.85 bits per heavy atom. The van der Waals surface area contributed by atoms with Gasteiger partial charge in [0, 0.05) is 28.7 Å². The number of hydrogen-bond acceptors (Lipinski definition) is 6. The highest BCUT2D eigenvalue weighted by atomic mass is 35.5. The monoisotopic (exact) mass is 436 g/mol. The van der Waals surface area contributed by atoms with E-state index in [1.165, 1.54) is 18.2 Å². The SMILES string of the molecule is CCn1c(COCCO)nc(S(=O)(=O)Oc2cc(Cl)cc(Cl)c2)c1C(C)C. The van der Waals surface area contributed by atoms with E-state index in [9.17, 15) is 8.42 Å². The van der Waals surface area contributed by atoms with E-state index in [0.29, 0.717) is 18.1 Å². The van der Waals surface area contributed by atoms with Crippen LogP contribution in [0, 0.1) is 0 Å². The fourth-order valence-electron chi connectivity index (χ4n) is 2.67. The lowest BCUT2D eigenvalue weighted by atomic mass is 10.1. The Morgan fingerprint density at radius 1 is 1.22 bits per heavy atom. The topological polar surface area (TPSA) is 90.6 Å². The van der Waals surface area contributed by atoms with Crippen LogP contribution in [0.4, 0.5) is 0 Å². The van der Waals surface area contributed by atoms with Crippen LogP contribution < -0.4 is 4.18 Å². The second kappa shape index (κ2) is 9.25. The van der Waals surface area contributed by atoms with Gasteiger partial charge in [0.2, 0.25) is 5.03 Å². The fourth-order valence-corrected chi connectivity index (χ4v) is 4.42. The number of rotatable bonds is 9. The third-order valence-electron chi connectivity index (χ3n) is 3.66. The first kappa shape index (κ1) is 22.0. The number of aliphatic hydroxyl groups excluding tert-OH is 1. The lowest BCUT2D eigenvalue weighted by Crippen LogP contribution is -2.14. The van der Waals surface area contributed by atoms with E-state index in [1.54, 1.807) is 4.57 Å². The van der Waals surface area contributed by atoms with Crippen LogP contribution in [0.2, 0.25) is 10.0 Å². The number of aliphatic hydroxyl groups is 1. The molecule has 10 heteroatoms. The summed E-state index contributed by atoms with van der Waals surface area (Å²) >= 11 is 11.8. The van der Waals surface area contributed by atoms with Crippen molar-refractivity contribution in [1.82, 2.24) is 9.55 Å². The molecule has 2 aromatic rings. The average molecular weight is 437 g/mol. The first-order chi connectivity index (χ1) is 12.7. The number of halogens is 2. The zero-order valence-electron chi connectivity index (χ0n) is 15.3. The lowest BCUT2D eigenvalue weighted by molar-refractivity contribution is 0.0759. The van der Waals surface area contributed by atoms with Crippen LogP contribution in [0.5, 0.6) is 5.75 Å². The molecular weight excluding hydrogens is 415 g/mol. The van der Waals surface area contributed by atoms with Crippen molar-refractivity contribution in [3.05, 3.63) is 39.8 Å². The predicted molar refractivity (Wildman–Crippen MR) is 103 cm³/mol. The van der Waals surface area contributed by atoms with Crippen LogP contribution >= 0.6 is 23.2 Å². The quantitative estimate of drug-likeness (QED) is 0.476. The standard InChI is InChI=1S/C17H22Cl2N2O5S/c1-4-21-15(10-25-6-5-22)20-17(16(21)11(2)3)27(23,24)26-14-8-12(18)7-13(19)9-14/h7-9,11,22H,4-6,10H2,1-3H3. The Kier molecular flexibility index (Phi) is 7.53. The molecule has 0 amide bonds. The van der Waals surface area contributed by atoms with E-state index in [2.05, 4.69) is 4.98 Å². The van der Waals surface area contributed by atoms with E-state index >= 15 is 0 Å². The number of benzene rings is 1. The zero-order chi connectivity index (χ0) is 20.2. The number of hydrogen-bond donors (Lipinski definition) is 1. The van der Waals surface area contributed by atoms with E-state index < -0.39 is 10.1 Å². The van der Waals surface area contributed by atoms with Gasteiger partial charge < -0.3 is 18.6 Å². The molecule has 0 aliphatic carbocycles. The first-order valence-corrected chi connectivity index (χ1v) is 10.5. The van der Waals surface area contributed by atoms with Gasteiger partial charge in [-0.15, -0.1) is 0 Å². The molecule has 0 atom stereocenters. The van der Waals surface area contributed by atoms with Crippen LogP contribution in [0.25, 0.3) is 0 Å². The summed E-state index contributed by atoms with van der Waals surface area (Å²) < 4.78 is 38.1.